The Morgan fingerprint density at radius 2 is 1.91 bits per heavy atom. The molecule has 23 heavy (non-hydrogen) atoms. The van der Waals surface area contributed by atoms with Crippen molar-refractivity contribution in [3.05, 3.63) is 30.3 Å². The molecule has 4 nitrogen and oxygen atoms in total. The number of para-hydroxylation sites is 1. The summed E-state index contributed by atoms with van der Waals surface area (Å²) < 4.78 is 0. The second-order valence-corrected chi connectivity index (χ2v) is 7.14. The van der Waals surface area contributed by atoms with Crippen molar-refractivity contribution in [3.8, 4) is 0 Å². The molecule has 2 fully saturated rings. The Hall–Kier alpha value is -1.84. The topological polar surface area (TPSA) is 49.4 Å². The van der Waals surface area contributed by atoms with Gasteiger partial charge in [0.05, 0.1) is 5.92 Å². The van der Waals surface area contributed by atoms with Crippen molar-refractivity contribution in [1.82, 2.24) is 4.90 Å². The van der Waals surface area contributed by atoms with Crippen LogP contribution in [0.4, 0.5) is 5.69 Å². The number of anilines is 1. The van der Waals surface area contributed by atoms with Gasteiger partial charge < -0.3 is 10.2 Å². The van der Waals surface area contributed by atoms with E-state index in [1.165, 1.54) is 12.8 Å². The van der Waals surface area contributed by atoms with Crippen LogP contribution in [-0.4, -0.2) is 29.3 Å². The zero-order valence-electron chi connectivity index (χ0n) is 14.0. The Labute approximate surface area is 138 Å². The van der Waals surface area contributed by atoms with Crippen LogP contribution in [0.25, 0.3) is 0 Å². The fourth-order valence-corrected chi connectivity index (χ4v) is 3.99. The van der Waals surface area contributed by atoms with Crippen LogP contribution in [-0.2, 0) is 9.59 Å². The third-order valence-electron chi connectivity index (χ3n) is 5.63. The molecule has 2 aliphatic rings. The third kappa shape index (κ3) is 3.41. The average Bonchev–Trinajstić information content (AvgIpc) is 2.93. The lowest BCUT2D eigenvalue weighted by molar-refractivity contribution is -0.131. The van der Waals surface area contributed by atoms with Gasteiger partial charge in [0.2, 0.25) is 11.8 Å². The fourth-order valence-electron chi connectivity index (χ4n) is 3.99. The molecule has 4 atom stereocenters. The average molecular weight is 314 g/mol. The SMILES string of the molecule is C[C@H]1[C@H](N2C[C@H](C(=O)Nc3ccccc3)CC2=O)CCC[C@@H]1C. The van der Waals surface area contributed by atoms with Gasteiger partial charge >= 0.3 is 0 Å². The summed E-state index contributed by atoms with van der Waals surface area (Å²) in [5, 5.41) is 2.93. The number of carbonyl (C=O) groups is 2. The molecule has 1 heterocycles. The zero-order valence-corrected chi connectivity index (χ0v) is 14.0. The Balaban J connectivity index is 1.64. The molecule has 3 rings (SSSR count). The van der Waals surface area contributed by atoms with Gasteiger partial charge in [-0.05, 0) is 30.4 Å². The molecule has 1 saturated carbocycles. The molecule has 0 bridgehead atoms. The molecule has 1 aliphatic carbocycles. The van der Waals surface area contributed by atoms with Crippen molar-refractivity contribution in [2.75, 3.05) is 11.9 Å². The lowest BCUT2D eigenvalue weighted by Gasteiger charge is -2.40. The van der Waals surface area contributed by atoms with Crippen LogP contribution in [0.5, 0.6) is 0 Å². The van der Waals surface area contributed by atoms with E-state index in [9.17, 15) is 9.59 Å². The largest absolute Gasteiger partial charge is 0.339 e. The van der Waals surface area contributed by atoms with E-state index in [2.05, 4.69) is 19.2 Å². The second-order valence-electron chi connectivity index (χ2n) is 7.14. The van der Waals surface area contributed by atoms with Gasteiger partial charge in [-0.2, -0.15) is 0 Å². The number of hydrogen-bond acceptors (Lipinski definition) is 2. The quantitative estimate of drug-likeness (QED) is 0.930. The van der Waals surface area contributed by atoms with Gasteiger partial charge in [0.25, 0.3) is 0 Å². The minimum atomic E-state index is -0.230. The van der Waals surface area contributed by atoms with E-state index < -0.39 is 0 Å². The predicted molar refractivity (Wildman–Crippen MR) is 90.9 cm³/mol. The normalized spacial score (nSPS) is 31.2. The number of amides is 2. The Kier molecular flexibility index (Phi) is 4.69. The van der Waals surface area contributed by atoms with Gasteiger partial charge in [0, 0.05) is 24.7 Å². The molecule has 2 amide bonds. The molecule has 1 N–H and O–H groups in total. The van der Waals surface area contributed by atoms with Crippen molar-refractivity contribution < 1.29 is 9.59 Å². The van der Waals surface area contributed by atoms with E-state index in [0.717, 1.165) is 12.1 Å². The summed E-state index contributed by atoms with van der Waals surface area (Å²) in [5.74, 6) is 1.04. The lowest BCUT2D eigenvalue weighted by atomic mass is 9.77. The first-order valence-electron chi connectivity index (χ1n) is 8.71. The molecule has 1 saturated heterocycles. The van der Waals surface area contributed by atoms with Gasteiger partial charge in [-0.1, -0.05) is 44.9 Å². The molecule has 0 aromatic heterocycles. The second kappa shape index (κ2) is 6.73. The number of benzene rings is 1. The molecule has 4 heteroatoms. The van der Waals surface area contributed by atoms with E-state index >= 15 is 0 Å². The van der Waals surface area contributed by atoms with Crippen LogP contribution in [0.15, 0.2) is 30.3 Å². The third-order valence-corrected chi connectivity index (χ3v) is 5.63. The van der Waals surface area contributed by atoms with Gasteiger partial charge in [-0.15, -0.1) is 0 Å². The van der Waals surface area contributed by atoms with Crippen LogP contribution in [0.2, 0.25) is 0 Å². The maximum atomic E-state index is 12.4. The molecule has 0 spiro atoms. The monoisotopic (exact) mass is 314 g/mol. The van der Waals surface area contributed by atoms with E-state index in [-0.39, 0.29) is 17.7 Å². The molecular formula is C19H26N2O2. The van der Waals surface area contributed by atoms with E-state index in [1.807, 2.05) is 35.2 Å². The molecular weight excluding hydrogens is 288 g/mol. The lowest BCUT2D eigenvalue weighted by Crippen LogP contribution is -2.45. The minimum absolute atomic E-state index is 0.0384. The van der Waals surface area contributed by atoms with E-state index in [1.54, 1.807) is 0 Å². The maximum absolute atomic E-state index is 12.4. The highest BCUT2D eigenvalue weighted by atomic mass is 16.2. The van der Waals surface area contributed by atoms with Crippen molar-refractivity contribution in [2.24, 2.45) is 17.8 Å². The first-order chi connectivity index (χ1) is 11.1. The van der Waals surface area contributed by atoms with Crippen LogP contribution in [0.1, 0.15) is 39.5 Å². The van der Waals surface area contributed by atoms with Gasteiger partial charge in [0.15, 0.2) is 0 Å². The van der Waals surface area contributed by atoms with Crippen molar-refractivity contribution in [2.45, 2.75) is 45.6 Å². The van der Waals surface area contributed by atoms with Crippen molar-refractivity contribution in [1.29, 1.82) is 0 Å². The number of hydrogen-bond donors (Lipinski definition) is 1. The number of rotatable bonds is 3. The first-order valence-corrected chi connectivity index (χ1v) is 8.71. The summed E-state index contributed by atoms with van der Waals surface area (Å²) in [5.41, 5.74) is 0.794. The Bertz CT molecular complexity index is 572. The summed E-state index contributed by atoms with van der Waals surface area (Å²) >= 11 is 0. The number of carbonyl (C=O) groups excluding carboxylic acids is 2. The zero-order chi connectivity index (χ0) is 16.4. The van der Waals surface area contributed by atoms with Crippen LogP contribution >= 0.6 is 0 Å². The van der Waals surface area contributed by atoms with Crippen LogP contribution in [0.3, 0.4) is 0 Å². The predicted octanol–water partition coefficient (Wildman–Crippen LogP) is 3.30. The number of nitrogens with zero attached hydrogens (tertiary/aromatic N) is 1. The highest BCUT2D eigenvalue weighted by Gasteiger charge is 2.41. The first kappa shape index (κ1) is 16.0. The van der Waals surface area contributed by atoms with Gasteiger partial charge in [0.1, 0.15) is 0 Å². The number of nitrogens with one attached hydrogen (secondary N) is 1. The standard InChI is InChI=1S/C19H26N2O2/c1-13-7-6-10-17(14(13)2)21-12-15(11-18(21)22)19(23)20-16-8-4-3-5-9-16/h3-5,8-9,13-15,17H,6-7,10-12H2,1-2H3,(H,20,23)/t13-,14+,15+,17+/m0/s1. The molecule has 1 aliphatic heterocycles. The van der Waals surface area contributed by atoms with E-state index in [0.29, 0.717) is 30.8 Å². The maximum Gasteiger partial charge on any atom is 0.229 e. The highest BCUT2D eigenvalue weighted by Crippen LogP contribution is 2.35. The smallest absolute Gasteiger partial charge is 0.229 e. The summed E-state index contributed by atoms with van der Waals surface area (Å²) in [6.45, 7) is 5.09. The molecule has 124 valence electrons. The Morgan fingerprint density at radius 3 is 2.65 bits per heavy atom. The summed E-state index contributed by atoms with van der Waals surface area (Å²) in [4.78, 5) is 26.9. The molecule has 1 aromatic rings. The van der Waals surface area contributed by atoms with Crippen molar-refractivity contribution >= 4 is 17.5 Å². The van der Waals surface area contributed by atoms with Gasteiger partial charge in [-0.25, -0.2) is 0 Å². The fraction of sp³-hybridized carbons (Fsp3) is 0.579. The molecule has 1 aromatic carbocycles. The van der Waals surface area contributed by atoms with Crippen LogP contribution < -0.4 is 5.32 Å². The summed E-state index contributed by atoms with van der Waals surface area (Å²) in [6, 6.07) is 9.76. The van der Waals surface area contributed by atoms with Crippen molar-refractivity contribution in [3.63, 3.8) is 0 Å². The van der Waals surface area contributed by atoms with E-state index in [4.69, 9.17) is 0 Å². The molecule has 0 unspecified atom stereocenters. The van der Waals surface area contributed by atoms with Crippen LogP contribution in [0, 0.1) is 17.8 Å². The van der Waals surface area contributed by atoms with Gasteiger partial charge in [-0.3, -0.25) is 9.59 Å². The number of likely N-dealkylation sites (tertiary alicyclic amines) is 1. The highest BCUT2D eigenvalue weighted by molar-refractivity contribution is 5.97. The summed E-state index contributed by atoms with van der Waals surface area (Å²) in [7, 11) is 0. The Morgan fingerprint density at radius 1 is 1.17 bits per heavy atom. The molecule has 0 radical (unpaired) electrons. The minimum Gasteiger partial charge on any atom is -0.339 e. The summed E-state index contributed by atoms with van der Waals surface area (Å²) in [6.07, 6.45) is 3.85.